The molecule has 0 radical (unpaired) electrons. The van der Waals surface area contributed by atoms with E-state index in [0.29, 0.717) is 12.0 Å². The summed E-state index contributed by atoms with van der Waals surface area (Å²) in [5.74, 6) is -0.495. The summed E-state index contributed by atoms with van der Waals surface area (Å²) in [6, 6.07) is 5.45. The van der Waals surface area contributed by atoms with Gasteiger partial charge in [0.1, 0.15) is 12.0 Å². The Morgan fingerprint density at radius 1 is 1.16 bits per heavy atom. The zero-order valence-corrected chi connectivity index (χ0v) is 15.4. The fourth-order valence-corrected chi connectivity index (χ4v) is 2.28. The summed E-state index contributed by atoms with van der Waals surface area (Å²) in [6.07, 6.45) is 1.49. The highest BCUT2D eigenvalue weighted by Crippen LogP contribution is 2.36. The van der Waals surface area contributed by atoms with Crippen molar-refractivity contribution in [1.29, 1.82) is 0 Å². The van der Waals surface area contributed by atoms with E-state index in [-0.39, 0.29) is 5.76 Å². The van der Waals surface area contributed by atoms with Crippen molar-refractivity contribution in [2.24, 2.45) is 0 Å². The van der Waals surface area contributed by atoms with Crippen LogP contribution in [0.15, 0.2) is 30.0 Å². The van der Waals surface area contributed by atoms with Crippen molar-refractivity contribution in [2.75, 3.05) is 7.11 Å². The monoisotopic (exact) mass is 346 g/mol. The molecule has 1 aliphatic rings. The van der Waals surface area contributed by atoms with Crippen molar-refractivity contribution in [2.45, 2.75) is 45.8 Å². The van der Waals surface area contributed by atoms with Crippen LogP contribution in [0.1, 0.15) is 33.3 Å². The van der Waals surface area contributed by atoms with Crippen LogP contribution in [-0.2, 0) is 23.6 Å². The summed E-state index contributed by atoms with van der Waals surface area (Å²) in [7, 11) is 0.669. The van der Waals surface area contributed by atoms with E-state index < -0.39 is 24.3 Å². The fraction of sp³-hybridized carbons (Fsp3) is 0.444. The molecule has 7 heteroatoms. The van der Waals surface area contributed by atoms with Gasteiger partial charge >= 0.3 is 13.1 Å². The van der Waals surface area contributed by atoms with Crippen molar-refractivity contribution in [1.82, 2.24) is 0 Å². The Balaban J connectivity index is 2.31. The Labute approximate surface area is 148 Å². The van der Waals surface area contributed by atoms with Crippen molar-refractivity contribution in [3.05, 3.63) is 35.6 Å². The van der Waals surface area contributed by atoms with Gasteiger partial charge in [-0.15, -0.1) is 0 Å². The second-order valence-electron chi connectivity index (χ2n) is 6.87. The lowest BCUT2D eigenvalue weighted by atomic mass is 9.78. The van der Waals surface area contributed by atoms with E-state index in [4.69, 9.17) is 14.0 Å². The lowest BCUT2D eigenvalue weighted by Gasteiger charge is -2.32. The van der Waals surface area contributed by atoms with Crippen LogP contribution in [-0.4, -0.2) is 37.7 Å². The molecule has 0 aliphatic carbocycles. The third-order valence-electron chi connectivity index (χ3n) is 4.56. The number of esters is 1. The SMILES string of the molecule is COC(=O)/C(=C/C=O)Oc1cc(B2OC(C)(C)C(C)(C)O2)ccc1C. The average Bonchev–Trinajstić information content (AvgIpc) is 2.76. The van der Waals surface area contributed by atoms with Gasteiger partial charge in [-0.25, -0.2) is 4.79 Å². The molecule has 0 spiro atoms. The van der Waals surface area contributed by atoms with E-state index >= 15 is 0 Å². The molecular formula is C18H23BO6. The Bertz CT molecular complexity index is 692. The molecular weight excluding hydrogens is 323 g/mol. The van der Waals surface area contributed by atoms with Gasteiger partial charge in [-0.2, -0.15) is 0 Å². The Morgan fingerprint density at radius 3 is 2.28 bits per heavy atom. The number of rotatable bonds is 5. The molecule has 0 N–H and O–H groups in total. The molecule has 0 unspecified atom stereocenters. The number of hydrogen-bond donors (Lipinski definition) is 0. The molecule has 1 saturated heterocycles. The van der Waals surface area contributed by atoms with Gasteiger partial charge < -0.3 is 18.8 Å². The maximum absolute atomic E-state index is 11.7. The van der Waals surface area contributed by atoms with Crippen LogP contribution in [0.3, 0.4) is 0 Å². The predicted octanol–water partition coefficient (Wildman–Crippen LogP) is 1.93. The van der Waals surface area contributed by atoms with Crippen LogP contribution in [0.25, 0.3) is 0 Å². The van der Waals surface area contributed by atoms with E-state index in [1.165, 1.54) is 7.11 Å². The normalized spacial score (nSPS) is 18.8. The number of aldehydes is 1. The van der Waals surface area contributed by atoms with E-state index in [9.17, 15) is 9.59 Å². The molecule has 1 heterocycles. The van der Waals surface area contributed by atoms with Crippen LogP contribution in [0.5, 0.6) is 5.75 Å². The number of aryl methyl sites for hydroxylation is 1. The topological polar surface area (TPSA) is 71.1 Å². The molecule has 0 bridgehead atoms. The van der Waals surface area contributed by atoms with Crippen molar-refractivity contribution < 1.29 is 28.4 Å². The van der Waals surface area contributed by atoms with Crippen molar-refractivity contribution >= 4 is 24.8 Å². The van der Waals surface area contributed by atoms with Crippen LogP contribution in [0, 0.1) is 6.92 Å². The molecule has 1 fully saturated rings. The predicted molar refractivity (Wildman–Crippen MR) is 93.7 cm³/mol. The van der Waals surface area contributed by atoms with E-state index in [2.05, 4.69) is 4.74 Å². The molecule has 6 nitrogen and oxygen atoms in total. The summed E-state index contributed by atoms with van der Waals surface area (Å²) < 4.78 is 22.3. The highest BCUT2D eigenvalue weighted by atomic mass is 16.7. The number of allylic oxidation sites excluding steroid dienone is 1. The number of carbonyl (C=O) groups is 2. The van der Waals surface area contributed by atoms with Gasteiger partial charge in [0.25, 0.3) is 0 Å². The molecule has 2 rings (SSSR count). The van der Waals surface area contributed by atoms with Gasteiger partial charge in [0.2, 0.25) is 5.76 Å². The first kappa shape index (κ1) is 19.2. The van der Waals surface area contributed by atoms with Crippen LogP contribution >= 0.6 is 0 Å². The van der Waals surface area contributed by atoms with E-state index in [1.807, 2.05) is 46.8 Å². The molecule has 0 saturated carbocycles. The Morgan fingerprint density at radius 2 is 1.76 bits per heavy atom. The second kappa shape index (κ2) is 7.02. The second-order valence-corrected chi connectivity index (χ2v) is 6.87. The largest absolute Gasteiger partial charge is 0.494 e. The first-order valence-electron chi connectivity index (χ1n) is 7.99. The molecule has 1 aliphatic heterocycles. The summed E-state index contributed by atoms with van der Waals surface area (Å²) in [5, 5.41) is 0. The van der Waals surface area contributed by atoms with Crippen LogP contribution < -0.4 is 10.2 Å². The lowest BCUT2D eigenvalue weighted by molar-refractivity contribution is -0.138. The molecule has 1 aromatic rings. The lowest BCUT2D eigenvalue weighted by Crippen LogP contribution is -2.41. The maximum Gasteiger partial charge on any atom is 0.494 e. The zero-order chi connectivity index (χ0) is 18.8. The highest BCUT2D eigenvalue weighted by Gasteiger charge is 2.51. The van der Waals surface area contributed by atoms with Crippen LogP contribution in [0.4, 0.5) is 0 Å². The summed E-state index contributed by atoms with van der Waals surface area (Å²) in [4.78, 5) is 22.4. The van der Waals surface area contributed by atoms with Gasteiger partial charge in [-0.1, -0.05) is 12.1 Å². The molecule has 0 amide bonds. The number of methoxy groups -OCH3 is 1. The smallest absolute Gasteiger partial charge is 0.463 e. The molecule has 1 aromatic carbocycles. The number of hydrogen-bond acceptors (Lipinski definition) is 6. The quantitative estimate of drug-likeness (QED) is 0.267. The first-order valence-corrected chi connectivity index (χ1v) is 7.99. The Hall–Kier alpha value is -2.12. The van der Waals surface area contributed by atoms with Crippen LogP contribution in [0.2, 0.25) is 0 Å². The highest BCUT2D eigenvalue weighted by molar-refractivity contribution is 6.62. The number of carbonyl (C=O) groups excluding carboxylic acids is 2. The van der Waals surface area contributed by atoms with Crippen molar-refractivity contribution in [3.63, 3.8) is 0 Å². The van der Waals surface area contributed by atoms with E-state index in [1.54, 1.807) is 6.07 Å². The third-order valence-corrected chi connectivity index (χ3v) is 4.56. The van der Waals surface area contributed by atoms with Crippen molar-refractivity contribution in [3.8, 4) is 5.75 Å². The van der Waals surface area contributed by atoms with Gasteiger partial charge in [0.15, 0.2) is 0 Å². The fourth-order valence-electron chi connectivity index (χ4n) is 2.28. The minimum Gasteiger partial charge on any atom is -0.463 e. The third kappa shape index (κ3) is 3.94. The van der Waals surface area contributed by atoms with E-state index in [0.717, 1.165) is 17.1 Å². The Kier molecular flexibility index (Phi) is 5.39. The molecule has 0 aromatic heterocycles. The van der Waals surface area contributed by atoms with Gasteiger partial charge in [-0.3, -0.25) is 4.79 Å². The standard InChI is InChI=1S/C18H23BO6/c1-12-7-8-13(19-24-17(2,3)18(4,5)25-19)11-15(12)23-14(9-10-20)16(21)22-6/h7-11H,1-6H3/b14-9-. The van der Waals surface area contributed by atoms with Gasteiger partial charge in [0, 0.05) is 6.08 Å². The zero-order valence-electron chi connectivity index (χ0n) is 15.4. The first-order chi connectivity index (χ1) is 11.6. The van der Waals surface area contributed by atoms with Gasteiger partial charge in [0.05, 0.1) is 18.3 Å². The minimum absolute atomic E-state index is 0.188. The van der Waals surface area contributed by atoms with Gasteiger partial charge in [-0.05, 0) is 51.7 Å². The number of benzene rings is 1. The average molecular weight is 346 g/mol. The summed E-state index contributed by atoms with van der Waals surface area (Å²) in [5.41, 5.74) is 0.631. The molecule has 0 atom stereocenters. The summed E-state index contributed by atoms with van der Waals surface area (Å²) in [6.45, 7) is 9.72. The summed E-state index contributed by atoms with van der Waals surface area (Å²) >= 11 is 0. The minimum atomic E-state index is -0.729. The maximum atomic E-state index is 11.7. The number of ether oxygens (including phenoxy) is 2. The molecule has 134 valence electrons. The molecule has 25 heavy (non-hydrogen) atoms.